The summed E-state index contributed by atoms with van der Waals surface area (Å²) < 4.78 is 22.3. The van der Waals surface area contributed by atoms with Crippen LogP contribution in [0.1, 0.15) is 18.4 Å². The fourth-order valence-corrected chi connectivity index (χ4v) is 4.36. The van der Waals surface area contributed by atoms with Crippen molar-refractivity contribution in [3.63, 3.8) is 0 Å². The van der Waals surface area contributed by atoms with Crippen molar-refractivity contribution in [2.24, 2.45) is 0 Å². The Morgan fingerprint density at radius 3 is 2.41 bits per heavy atom. The first-order valence-corrected chi connectivity index (χ1v) is 7.13. The Labute approximate surface area is 100 Å². The van der Waals surface area contributed by atoms with Gasteiger partial charge in [-0.1, -0.05) is 30.3 Å². The molecule has 0 radical (unpaired) electrons. The van der Waals surface area contributed by atoms with Crippen LogP contribution in [0.3, 0.4) is 0 Å². The van der Waals surface area contributed by atoms with E-state index in [-0.39, 0.29) is 18.6 Å². The van der Waals surface area contributed by atoms with E-state index in [0.717, 1.165) is 5.56 Å². The zero-order valence-electron chi connectivity index (χ0n) is 9.30. The average Bonchev–Trinajstić information content (AvgIpc) is 2.57. The molecule has 1 fully saturated rings. The van der Waals surface area contributed by atoms with E-state index in [4.69, 9.17) is 0 Å². The van der Waals surface area contributed by atoms with Crippen LogP contribution in [0.15, 0.2) is 30.3 Å². The third-order valence-corrected chi connectivity index (χ3v) is 5.85. The largest absolute Gasteiger partial charge is 0.480 e. The van der Waals surface area contributed by atoms with E-state index in [1.165, 1.54) is 0 Å². The first-order chi connectivity index (χ1) is 7.98. The van der Waals surface area contributed by atoms with Crippen LogP contribution in [0.5, 0.6) is 0 Å². The van der Waals surface area contributed by atoms with Gasteiger partial charge in [0.2, 0.25) is 0 Å². The SMILES string of the molecule is O=C(O)C1(Cc2ccccc2)CCCS1(=O)=O. The summed E-state index contributed by atoms with van der Waals surface area (Å²) >= 11 is 0. The summed E-state index contributed by atoms with van der Waals surface area (Å²) in [6.45, 7) is 0. The van der Waals surface area contributed by atoms with Gasteiger partial charge in [0.1, 0.15) is 0 Å². The van der Waals surface area contributed by atoms with Crippen molar-refractivity contribution in [1.29, 1.82) is 0 Å². The monoisotopic (exact) mass is 254 g/mol. The normalized spacial score (nSPS) is 26.8. The molecule has 0 spiro atoms. The molecule has 1 aromatic rings. The van der Waals surface area contributed by atoms with Gasteiger partial charge in [-0.15, -0.1) is 0 Å². The second-order valence-corrected chi connectivity index (χ2v) is 6.80. The summed E-state index contributed by atoms with van der Waals surface area (Å²) in [4.78, 5) is 11.4. The van der Waals surface area contributed by atoms with Crippen LogP contribution >= 0.6 is 0 Å². The lowest BCUT2D eigenvalue weighted by molar-refractivity contribution is -0.140. The zero-order valence-corrected chi connectivity index (χ0v) is 10.1. The first-order valence-electron chi connectivity index (χ1n) is 5.48. The molecule has 4 nitrogen and oxygen atoms in total. The van der Waals surface area contributed by atoms with Gasteiger partial charge >= 0.3 is 5.97 Å². The number of hydrogen-bond donors (Lipinski definition) is 1. The number of carbonyl (C=O) groups is 1. The first kappa shape index (κ1) is 12.1. The van der Waals surface area contributed by atoms with E-state index in [2.05, 4.69) is 0 Å². The lowest BCUT2D eigenvalue weighted by Crippen LogP contribution is -2.45. The standard InChI is InChI=1S/C12H14O4S/c13-11(14)12(7-4-8-17(12,15)16)9-10-5-2-1-3-6-10/h1-3,5-6H,4,7-9H2,(H,13,14). The van der Waals surface area contributed by atoms with Gasteiger partial charge in [-0.05, 0) is 18.4 Å². The molecule has 1 aliphatic rings. The van der Waals surface area contributed by atoms with Crippen LogP contribution in [-0.2, 0) is 21.1 Å². The molecule has 0 saturated carbocycles. The molecule has 1 heterocycles. The summed E-state index contributed by atoms with van der Waals surface area (Å²) in [5.74, 6) is -1.24. The summed E-state index contributed by atoms with van der Waals surface area (Å²) in [7, 11) is -3.55. The van der Waals surface area contributed by atoms with Crippen molar-refractivity contribution in [2.45, 2.75) is 24.0 Å². The number of carboxylic acids is 1. The number of sulfone groups is 1. The Kier molecular flexibility index (Phi) is 2.95. The molecule has 1 saturated heterocycles. The maximum absolute atomic E-state index is 11.9. The second-order valence-electron chi connectivity index (χ2n) is 4.38. The molecule has 1 atom stereocenters. The molecule has 1 aliphatic heterocycles. The molecule has 1 N–H and O–H groups in total. The highest BCUT2D eigenvalue weighted by molar-refractivity contribution is 7.93. The lowest BCUT2D eigenvalue weighted by atomic mass is 9.94. The third kappa shape index (κ3) is 1.95. The predicted octanol–water partition coefficient (Wildman–Crippen LogP) is 1.26. The van der Waals surface area contributed by atoms with Crippen molar-refractivity contribution >= 4 is 15.8 Å². The van der Waals surface area contributed by atoms with Gasteiger partial charge in [-0.25, -0.2) is 8.42 Å². The van der Waals surface area contributed by atoms with E-state index < -0.39 is 20.6 Å². The summed E-state index contributed by atoms with van der Waals surface area (Å²) in [6, 6.07) is 8.91. The minimum atomic E-state index is -3.55. The highest BCUT2D eigenvalue weighted by Crippen LogP contribution is 2.35. The van der Waals surface area contributed by atoms with Crippen molar-refractivity contribution in [3.8, 4) is 0 Å². The molecule has 17 heavy (non-hydrogen) atoms. The fraction of sp³-hybridized carbons (Fsp3) is 0.417. The topological polar surface area (TPSA) is 71.4 Å². The van der Waals surface area contributed by atoms with Crippen LogP contribution in [0, 0.1) is 0 Å². The van der Waals surface area contributed by atoms with Crippen molar-refractivity contribution < 1.29 is 18.3 Å². The Bertz CT molecular complexity index is 521. The maximum atomic E-state index is 11.9. The summed E-state index contributed by atoms with van der Waals surface area (Å²) in [5.41, 5.74) is 0.750. The van der Waals surface area contributed by atoms with Crippen molar-refractivity contribution in [1.82, 2.24) is 0 Å². The predicted molar refractivity (Wildman–Crippen MR) is 63.5 cm³/mol. The van der Waals surface area contributed by atoms with Crippen molar-refractivity contribution in [3.05, 3.63) is 35.9 Å². The zero-order chi connectivity index (χ0) is 12.5. The summed E-state index contributed by atoms with van der Waals surface area (Å²) in [5, 5.41) is 9.28. The molecular weight excluding hydrogens is 240 g/mol. The number of aliphatic carboxylic acids is 1. The molecule has 5 heteroatoms. The minimum absolute atomic E-state index is 0.0217. The molecule has 92 valence electrons. The number of carboxylic acid groups (broad SMARTS) is 1. The van der Waals surface area contributed by atoms with Crippen LogP contribution < -0.4 is 0 Å². The van der Waals surface area contributed by atoms with Crippen LogP contribution in [-0.4, -0.2) is 30.0 Å². The number of benzene rings is 1. The second kappa shape index (κ2) is 4.14. The van der Waals surface area contributed by atoms with Crippen LogP contribution in [0.25, 0.3) is 0 Å². The van der Waals surface area contributed by atoms with Crippen molar-refractivity contribution in [2.75, 3.05) is 5.75 Å². The number of hydrogen-bond acceptors (Lipinski definition) is 3. The fourth-order valence-electron chi connectivity index (χ4n) is 2.34. The quantitative estimate of drug-likeness (QED) is 0.881. The van der Waals surface area contributed by atoms with Crippen LogP contribution in [0.2, 0.25) is 0 Å². The summed E-state index contributed by atoms with van der Waals surface area (Å²) in [6.07, 6.45) is 0.701. The Morgan fingerprint density at radius 1 is 1.29 bits per heavy atom. The molecular formula is C12H14O4S. The molecule has 2 rings (SSSR count). The molecule has 0 amide bonds. The van der Waals surface area contributed by atoms with Gasteiger partial charge < -0.3 is 5.11 Å². The van der Waals surface area contributed by atoms with E-state index in [1.54, 1.807) is 24.3 Å². The van der Waals surface area contributed by atoms with E-state index >= 15 is 0 Å². The van der Waals surface area contributed by atoms with E-state index in [1.807, 2.05) is 6.07 Å². The highest BCUT2D eigenvalue weighted by atomic mass is 32.2. The van der Waals surface area contributed by atoms with Gasteiger partial charge in [0.15, 0.2) is 14.6 Å². The van der Waals surface area contributed by atoms with Gasteiger partial charge in [-0.2, -0.15) is 0 Å². The van der Waals surface area contributed by atoms with E-state index in [9.17, 15) is 18.3 Å². The van der Waals surface area contributed by atoms with Gasteiger partial charge in [0.25, 0.3) is 0 Å². The van der Waals surface area contributed by atoms with Gasteiger partial charge in [0.05, 0.1) is 5.75 Å². The molecule has 1 unspecified atom stereocenters. The number of rotatable bonds is 3. The lowest BCUT2D eigenvalue weighted by Gasteiger charge is -2.22. The Balaban J connectivity index is 2.41. The maximum Gasteiger partial charge on any atom is 0.325 e. The van der Waals surface area contributed by atoms with Crippen LogP contribution in [0.4, 0.5) is 0 Å². The third-order valence-electron chi connectivity index (χ3n) is 3.31. The van der Waals surface area contributed by atoms with Gasteiger partial charge in [0, 0.05) is 6.42 Å². The Morgan fingerprint density at radius 2 is 1.94 bits per heavy atom. The molecule has 0 aliphatic carbocycles. The average molecular weight is 254 g/mol. The minimum Gasteiger partial charge on any atom is -0.480 e. The smallest absolute Gasteiger partial charge is 0.325 e. The van der Waals surface area contributed by atoms with Gasteiger partial charge in [-0.3, -0.25) is 4.79 Å². The van der Waals surface area contributed by atoms with E-state index in [0.29, 0.717) is 6.42 Å². The Hall–Kier alpha value is -1.36. The highest BCUT2D eigenvalue weighted by Gasteiger charge is 2.53. The molecule has 1 aromatic carbocycles. The molecule has 0 bridgehead atoms. The molecule has 0 aromatic heterocycles.